The maximum atomic E-state index is 13.6. The van der Waals surface area contributed by atoms with Crippen LogP contribution in [0.15, 0.2) is 42.5 Å². The molecule has 5 heteroatoms. The summed E-state index contributed by atoms with van der Waals surface area (Å²) in [6, 6.07) is 12.4. The Hall–Kier alpha value is -2.40. The molecule has 0 atom stereocenters. The summed E-state index contributed by atoms with van der Waals surface area (Å²) >= 11 is 0. The van der Waals surface area contributed by atoms with Gasteiger partial charge in [0.05, 0.1) is 12.1 Å². The van der Waals surface area contributed by atoms with Gasteiger partial charge in [-0.05, 0) is 36.4 Å². The molecule has 0 saturated heterocycles. The largest absolute Gasteiger partial charge is 0.395 e. The summed E-state index contributed by atoms with van der Waals surface area (Å²) < 4.78 is 13.6. The molecule has 0 amide bonds. The Balaban J connectivity index is 1.92. The molecule has 0 spiro atoms. The summed E-state index contributed by atoms with van der Waals surface area (Å²) in [5.41, 5.74) is 2.84. The van der Waals surface area contributed by atoms with Gasteiger partial charge in [-0.25, -0.2) is 9.37 Å². The number of aromatic amines is 1. The molecule has 3 rings (SSSR count). The number of aliphatic hydroxyl groups excluding tert-OH is 1. The maximum Gasteiger partial charge on any atom is 0.151 e. The number of nitrogens with zero attached hydrogens (tertiary/aromatic N) is 1. The van der Waals surface area contributed by atoms with Gasteiger partial charge < -0.3 is 15.4 Å². The van der Waals surface area contributed by atoms with Crippen LogP contribution >= 0.6 is 0 Å². The van der Waals surface area contributed by atoms with Gasteiger partial charge in [0.25, 0.3) is 0 Å². The third kappa shape index (κ3) is 2.35. The van der Waals surface area contributed by atoms with E-state index < -0.39 is 0 Å². The van der Waals surface area contributed by atoms with Crippen LogP contribution in [-0.2, 0) is 0 Å². The minimum atomic E-state index is -0.328. The predicted molar refractivity (Wildman–Crippen MR) is 77.1 cm³/mol. The number of aliphatic hydroxyl groups is 1. The molecular weight excluding hydrogens is 257 g/mol. The maximum absolute atomic E-state index is 13.6. The van der Waals surface area contributed by atoms with Gasteiger partial charge >= 0.3 is 0 Å². The van der Waals surface area contributed by atoms with E-state index in [1.54, 1.807) is 12.1 Å². The third-order valence-corrected chi connectivity index (χ3v) is 3.06. The van der Waals surface area contributed by atoms with Crippen LogP contribution in [0, 0.1) is 5.82 Å². The molecule has 1 aromatic heterocycles. The van der Waals surface area contributed by atoms with E-state index in [1.807, 2.05) is 24.3 Å². The molecule has 20 heavy (non-hydrogen) atoms. The zero-order valence-corrected chi connectivity index (χ0v) is 10.7. The van der Waals surface area contributed by atoms with Crippen molar-refractivity contribution in [2.75, 3.05) is 18.5 Å². The van der Waals surface area contributed by atoms with Gasteiger partial charge in [0, 0.05) is 17.8 Å². The fourth-order valence-corrected chi connectivity index (χ4v) is 2.08. The van der Waals surface area contributed by atoms with Gasteiger partial charge in [0.2, 0.25) is 0 Å². The molecule has 4 nitrogen and oxygen atoms in total. The number of hydrogen-bond acceptors (Lipinski definition) is 3. The molecule has 3 aromatic rings. The first-order valence-electron chi connectivity index (χ1n) is 6.37. The standard InChI is InChI=1S/C15H14FN3O/c16-12-2-1-3-13-14(12)19-15(18-13)10-4-6-11(7-5-10)17-8-9-20/h1-7,17,20H,8-9H2,(H,18,19). The minimum absolute atomic E-state index is 0.0879. The summed E-state index contributed by atoms with van der Waals surface area (Å²) in [4.78, 5) is 7.39. The topological polar surface area (TPSA) is 60.9 Å². The molecule has 0 saturated carbocycles. The summed E-state index contributed by atoms with van der Waals surface area (Å²) in [5.74, 6) is 0.310. The highest BCUT2D eigenvalue weighted by Crippen LogP contribution is 2.23. The number of imidazole rings is 1. The number of nitrogens with one attached hydrogen (secondary N) is 2. The number of halogens is 1. The fourth-order valence-electron chi connectivity index (χ4n) is 2.08. The van der Waals surface area contributed by atoms with E-state index in [1.165, 1.54) is 6.07 Å². The highest BCUT2D eigenvalue weighted by Gasteiger charge is 2.08. The first-order chi connectivity index (χ1) is 9.78. The van der Waals surface area contributed by atoms with E-state index >= 15 is 0 Å². The van der Waals surface area contributed by atoms with Crippen LogP contribution in [0.2, 0.25) is 0 Å². The highest BCUT2D eigenvalue weighted by atomic mass is 19.1. The summed E-state index contributed by atoms with van der Waals surface area (Å²) in [6.07, 6.45) is 0. The van der Waals surface area contributed by atoms with E-state index in [2.05, 4.69) is 15.3 Å². The highest BCUT2D eigenvalue weighted by molar-refractivity contribution is 5.80. The zero-order chi connectivity index (χ0) is 13.9. The average Bonchev–Trinajstić information content (AvgIpc) is 2.91. The molecule has 102 valence electrons. The van der Waals surface area contributed by atoms with Crippen LogP contribution in [0.5, 0.6) is 0 Å². The lowest BCUT2D eigenvalue weighted by Gasteiger charge is -2.04. The molecule has 0 radical (unpaired) electrons. The van der Waals surface area contributed by atoms with Crippen molar-refractivity contribution in [1.82, 2.24) is 9.97 Å². The van der Waals surface area contributed by atoms with E-state index in [-0.39, 0.29) is 12.4 Å². The fraction of sp³-hybridized carbons (Fsp3) is 0.133. The summed E-state index contributed by atoms with van der Waals surface area (Å²) in [7, 11) is 0. The Morgan fingerprint density at radius 3 is 2.65 bits per heavy atom. The number of H-pyrrole nitrogens is 1. The van der Waals surface area contributed by atoms with Gasteiger partial charge in [-0.2, -0.15) is 0 Å². The first-order valence-corrected chi connectivity index (χ1v) is 6.37. The molecule has 0 aliphatic heterocycles. The van der Waals surface area contributed by atoms with Crippen molar-refractivity contribution >= 4 is 16.7 Å². The van der Waals surface area contributed by atoms with Crippen LogP contribution in [-0.4, -0.2) is 28.2 Å². The second-order valence-electron chi connectivity index (χ2n) is 4.45. The number of rotatable bonds is 4. The predicted octanol–water partition coefficient (Wildman–Crippen LogP) is 2.77. The van der Waals surface area contributed by atoms with Gasteiger partial charge in [0.15, 0.2) is 5.82 Å². The van der Waals surface area contributed by atoms with E-state index in [4.69, 9.17) is 5.11 Å². The lowest BCUT2D eigenvalue weighted by Crippen LogP contribution is -2.04. The van der Waals surface area contributed by atoms with Gasteiger partial charge in [-0.15, -0.1) is 0 Å². The number of aromatic nitrogens is 2. The molecule has 3 N–H and O–H groups in total. The summed E-state index contributed by atoms with van der Waals surface area (Å²) in [6.45, 7) is 0.597. The molecule has 0 aliphatic rings. The number of fused-ring (bicyclic) bond motifs is 1. The Labute approximate surface area is 115 Å². The van der Waals surface area contributed by atoms with E-state index in [9.17, 15) is 4.39 Å². The van der Waals surface area contributed by atoms with Crippen molar-refractivity contribution < 1.29 is 9.50 Å². The Kier molecular flexibility index (Phi) is 3.35. The lowest BCUT2D eigenvalue weighted by atomic mass is 10.2. The van der Waals surface area contributed by atoms with Crippen molar-refractivity contribution in [2.24, 2.45) is 0 Å². The van der Waals surface area contributed by atoms with Crippen LogP contribution in [0.4, 0.5) is 10.1 Å². The molecule has 1 heterocycles. The summed E-state index contributed by atoms with van der Waals surface area (Å²) in [5, 5.41) is 11.8. The SMILES string of the molecule is OCCNc1ccc(-c2nc3c(F)cccc3[nH]2)cc1. The Morgan fingerprint density at radius 1 is 1.15 bits per heavy atom. The quantitative estimate of drug-likeness (QED) is 0.683. The van der Waals surface area contributed by atoms with Crippen molar-refractivity contribution in [3.63, 3.8) is 0 Å². The van der Waals surface area contributed by atoms with Crippen LogP contribution in [0.3, 0.4) is 0 Å². The zero-order valence-electron chi connectivity index (χ0n) is 10.7. The van der Waals surface area contributed by atoms with Gasteiger partial charge in [-0.3, -0.25) is 0 Å². The monoisotopic (exact) mass is 271 g/mol. The Morgan fingerprint density at radius 2 is 1.95 bits per heavy atom. The normalized spacial score (nSPS) is 10.9. The van der Waals surface area contributed by atoms with Crippen molar-refractivity contribution in [3.8, 4) is 11.4 Å². The third-order valence-electron chi connectivity index (χ3n) is 3.06. The number of para-hydroxylation sites is 1. The van der Waals surface area contributed by atoms with Gasteiger partial charge in [0.1, 0.15) is 11.3 Å². The van der Waals surface area contributed by atoms with Gasteiger partial charge in [-0.1, -0.05) is 6.07 Å². The molecule has 0 aliphatic carbocycles. The molecule has 0 unspecified atom stereocenters. The lowest BCUT2D eigenvalue weighted by molar-refractivity contribution is 0.311. The van der Waals surface area contributed by atoms with Crippen LogP contribution in [0.1, 0.15) is 0 Å². The van der Waals surface area contributed by atoms with Crippen molar-refractivity contribution in [3.05, 3.63) is 48.3 Å². The number of benzene rings is 2. The molecule has 0 bridgehead atoms. The van der Waals surface area contributed by atoms with E-state index in [0.717, 1.165) is 11.3 Å². The number of hydrogen-bond donors (Lipinski definition) is 3. The molecule has 0 fully saturated rings. The van der Waals surface area contributed by atoms with E-state index in [0.29, 0.717) is 23.4 Å². The molecular formula is C15H14FN3O. The minimum Gasteiger partial charge on any atom is -0.395 e. The Bertz CT molecular complexity index is 722. The average molecular weight is 271 g/mol. The first kappa shape index (κ1) is 12.6. The van der Waals surface area contributed by atoms with Crippen LogP contribution < -0.4 is 5.32 Å². The van der Waals surface area contributed by atoms with Crippen LogP contribution in [0.25, 0.3) is 22.4 Å². The second kappa shape index (κ2) is 5.30. The molecule has 2 aromatic carbocycles. The second-order valence-corrected chi connectivity index (χ2v) is 4.45. The van der Waals surface area contributed by atoms with Crippen molar-refractivity contribution in [1.29, 1.82) is 0 Å². The smallest absolute Gasteiger partial charge is 0.151 e. The number of anilines is 1. The van der Waals surface area contributed by atoms with Crippen molar-refractivity contribution in [2.45, 2.75) is 0 Å².